The number of rotatable bonds is 0. The van der Waals surface area contributed by atoms with E-state index in [1.165, 1.54) is 18.2 Å². The lowest BCUT2D eigenvalue weighted by molar-refractivity contribution is 0.368. The third-order valence-electron chi connectivity index (χ3n) is 0.924. The molecule has 0 aliphatic rings. The quantitative estimate of drug-likeness (QED) is 0.365. The van der Waals surface area contributed by atoms with Gasteiger partial charge in [-0.2, -0.15) is 0 Å². The molecule has 0 spiro atoms. The van der Waals surface area contributed by atoms with Crippen LogP contribution in [-0.2, 0) is 0 Å². The van der Waals surface area contributed by atoms with Gasteiger partial charge in [0.1, 0.15) is 5.82 Å². The van der Waals surface area contributed by atoms with Crippen LogP contribution < -0.4 is 0 Å². The Hall–Kier alpha value is -1.65. The molecule has 0 aliphatic heterocycles. The summed E-state index contributed by atoms with van der Waals surface area (Å²) in [7, 11) is -6.00. The van der Waals surface area contributed by atoms with E-state index >= 15 is 0 Å². The monoisotopic (exact) mass is 210 g/mol. The van der Waals surface area contributed by atoms with E-state index in [9.17, 15) is 21.7 Å². The molecule has 0 N–H and O–H groups in total. The van der Waals surface area contributed by atoms with Gasteiger partial charge in [0, 0.05) is 6.07 Å². The van der Waals surface area contributed by atoms with E-state index in [4.69, 9.17) is 5.39 Å². The molecule has 0 aromatic heterocycles. The summed E-state index contributed by atoms with van der Waals surface area (Å²) in [5, 5.41) is 8.12. The Labute approximate surface area is 76.1 Å². The molecule has 0 saturated carbocycles. The Kier molecular flexibility index (Phi) is 4.56. The molecule has 1 rings (SSSR count). The van der Waals surface area contributed by atoms with Gasteiger partial charge in [0.05, 0.1) is 6.07 Å². The van der Waals surface area contributed by atoms with E-state index in [-0.39, 0.29) is 5.69 Å². The van der Waals surface area contributed by atoms with Crippen molar-refractivity contribution in [2.24, 2.45) is 0 Å². The van der Waals surface area contributed by atoms with Gasteiger partial charge in [-0.3, -0.25) is 0 Å². The lowest BCUT2D eigenvalue weighted by atomic mass is 10.3. The number of hydrogen-bond acceptors (Lipinski definition) is 1. The summed E-state index contributed by atoms with van der Waals surface area (Å²) >= 11 is 0. The van der Waals surface area contributed by atoms with Gasteiger partial charge < -0.3 is 17.3 Å². The van der Waals surface area contributed by atoms with E-state index in [1.807, 2.05) is 0 Å². The summed E-state index contributed by atoms with van der Waals surface area (Å²) in [6.07, 6.45) is 0. The van der Waals surface area contributed by atoms with E-state index in [1.54, 1.807) is 0 Å². The second-order valence-electron chi connectivity index (χ2n) is 2.07. The predicted molar refractivity (Wildman–Crippen MR) is 41.3 cm³/mol. The topological polar surface area (TPSA) is 28.1 Å². The Balaban J connectivity index is 0.000000292. The number of benzene rings is 1. The maximum absolute atomic E-state index is 12.2. The lowest BCUT2D eigenvalue weighted by Crippen LogP contribution is -2.02. The van der Waals surface area contributed by atoms with Gasteiger partial charge in [-0.1, -0.05) is 6.07 Å². The van der Waals surface area contributed by atoms with Gasteiger partial charge in [-0.25, -0.2) is 4.39 Å². The van der Waals surface area contributed by atoms with Crippen LogP contribution in [0.1, 0.15) is 0 Å². The van der Waals surface area contributed by atoms with Crippen molar-refractivity contribution in [2.75, 3.05) is 0 Å². The Morgan fingerprint density at radius 1 is 1.14 bits per heavy atom. The van der Waals surface area contributed by atoms with E-state index in [2.05, 4.69) is 4.98 Å². The van der Waals surface area contributed by atoms with Gasteiger partial charge in [0.25, 0.3) is 0 Å². The van der Waals surface area contributed by atoms with Crippen LogP contribution in [0.5, 0.6) is 0 Å². The van der Waals surface area contributed by atoms with Gasteiger partial charge >= 0.3 is 12.9 Å². The lowest BCUT2D eigenvalue weighted by Gasteiger charge is -1.94. The highest BCUT2D eigenvalue weighted by molar-refractivity contribution is 6.50. The summed E-state index contributed by atoms with van der Waals surface area (Å²) < 4.78 is 51.2. The number of nitrogens with zero attached hydrogens (tertiary/aromatic N) is 2. The van der Waals surface area contributed by atoms with Crippen LogP contribution >= 0.6 is 0 Å². The summed E-state index contributed by atoms with van der Waals surface area (Å²) in [5.74, 6) is -0.398. The second-order valence-corrected chi connectivity index (χ2v) is 2.07. The molecule has 76 valence electrons. The van der Waals surface area contributed by atoms with Crippen molar-refractivity contribution in [1.82, 2.24) is 0 Å². The molecule has 0 fully saturated rings. The molecule has 8 heteroatoms. The van der Waals surface area contributed by atoms with Crippen LogP contribution in [0.15, 0.2) is 24.3 Å². The maximum Gasteiger partial charge on any atom is 0.673 e. The first kappa shape index (κ1) is 12.4. The Morgan fingerprint density at radius 2 is 1.64 bits per heavy atom. The number of hydrogen-bond donors (Lipinski definition) is 0. The van der Waals surface area contributed by atoms with Crippen LogP contribution in [0.4, 0.5) is 27.3 Å². The molecule has 0 atom stereocenters. The molecular weight excluding hydrogens is 206 g/mol. The van der Waals surface area contributed by atoms with Crippen LogP contribution in [0, 0.1) is 11.2 Å². The smallest absolute Gasteiger partial charge is 0.418 e. The molecule has 14 heavy (non-hydrogen) atoms. The first-order valence-corrected chi connectivity index (χ1v) is 3.31. The van der Waals surface area contributed by atoms with Gasteiger partial charge in [-0.15, -0.1) is 0 Å². The normalized spacial score (nSPS) is 9.71. The molecule has 0 heterocycles. The van der Waals surface area contributed by atoms with Crippen LogP contribution in [0.25, 0.3) is 4.98 Å². The van der Waals surface area contributed by atoms with Crippen LogP contribution in [-0.4, -0.2) is 7.25 Å². The van der Waals surface area contributed by atoms with Crippen LogP contribution in [0.2, 0.25) is 0 Å². The molecule has 0 unspecified atom stereocenters. The van der Waals surface area contributed by atoms with Crippen LogP contribution in [0.3, 0.4) is 0 Å². The van der Waals surface area contributed by atoms with E-state index < -0.39 is 13.1 Å². The zero-order valence-electron chi connectivity index (χ0n) is 6.67. The third kappa shape index (κ3) is 8.45. The average molecular weight is 210 g/mol. The van der Waals surface area contributed by atoms with Crippen molar-refractivity contribution >= 4 is 12.9 Å². The zero-order valence-corrected chi connectivity index (χ0v) is 6.67. The first-order chi connectivity index (χ1) is 6.33. The largest absolute Gasteiger partial charge is 0.673 e. The minimum absolute atomic E-state index is 0.231. The van der Waals surface area contributed by atoms with E-state index in [0.29, 0.717) is 0 Å². The van der Waals surface area contributed by atoms with Crippen molar-refractivity contribution < 1.29 is 21.7 Å². The van der Waals surface area contributed by atoms with Crippen molar-refractivity contribution in [3.63, 3.8) is 0 Å². The fourth-order valence-electron chi connectivity index (χ4n) is 0.538. The molecule has 2 nitrogen and oxygen atoms in total. The number of halogens is 5. The predicted octanol–water partition coefficient (Wildman–Crippen LogP) is 3.61. The maximum atomic E-state index is 12.2. The van der Waals surface area contributed by atoms with Crippen molar-refractivity contribution in [1.29, 1.82) is 5.39 Å². The highest BCUT2D eigenvalue weighted by Gasteiger charge is 2.20. The summed E-state index contributed by atoms with van der Waals surface area (Å²) in [6, 6.07) is 5.40. The van der Waals surface area contributed by atoms with Crippen molar-refractivity contribution in [3.8, 4) is 0 Å². The molecule has 0 radical (unpaired) electrons. The minimum atomic E-state index is -6.00. The molecule has 0 bridgehead atoms. The first-order valence-electron chi connectivity index (χ1n) is 3.31. The fraction of sp³-hybridized carbons (Fsp3) is 0. The Bertz CT molecular complexity index is 326. The van der Waals surface area contributed by atoms with Gasteiger partial charge in [0.15, 0.2) is 4.98 Å². The fourth-order valence-corrected chi connectivity index (χ4v) is 0.538. The van der Waals surface area contributed by atoms with Crippen molar-refractivity contribution in [2.45, 2.75) is 0 Å². The SMILES string of the molecule is F[B-](F)(F)F.N#[N+]c1cccc(F)c1. The molecule has 1 aromatic rings. The highest BCUT2D eigenvalue weighted by Crippen LogP contribution is 2.11. The zero-order chi connectivity index (χ0) is 11.2. The Morgan fingerprint density at radius 3 is 1.93 bits per heavy atom. The molecule has 0 amide bonds. The highest BCUT2D eigenvalue weighted by atomic mass is 19.5. The minimum Gasteiger partial charge on any atom is -0.418 e. The molecule has 0 aliphatic carbocycles. The molecule has 1 aromatic carbocycles. The van der Waals surface area contributed by atoms with Crippen molar-refractivity contribution in [3.05, 3.63) is 35.1 Å². The summed E-state index contributed by atoms with van der Waals surface area (Å²) in [4.78, 5) is 2.79. The third-order valence-corrected chi connectivity index (χ3v) is 0.924. The van der Waals surface area contributed by atoms with Gasteiger partial charge in [0.2, 0.25) is 5.39 Å². The van der Waals surface area contributed by atoms with Gasteiger partial charge in [-0.05, 0) is 6.07 Å². The summed E-state index contributed by atoms with van der Waals surface area (Å²) in [5.41, 5.74) is 0.231. The average Bonchev–Trinajstić information content (AvgIpc) is 2.01. The summed E-state index contributed by atoms with van der Waals surface area (Å²) in [6.45, 7) is 0. The molecule has 0 saturated heterocycles. The second kappa shape index (κ2) is 5.16. The standard InChI is InChI=1S/C6H4FN2.BF4/c7-5-2-1-3-6(4-5)9-8;2-1(3,4)5/h1-4H;/q+1;-1. The number of diazo groups is 1. The van der Waals surface area contributed by atoms with E-state index in [0.717, 1.165) is 6.07 Å². The molecular formula is C6H4BF5N2.